The molecule has 192 valence electrons. The summed E-state index contributed by atoms with van der Waals surface area (Å²) in [6, 6.07) is 9.26. The van der Waals surface area contributed by atoms with E-state index in [2.05, 4.69) is 24.5 Å². The van der Waals surface area contributed by atoms with Crippen molar-refractivity contribution in [3.8, 4) is 17.6 Å². The number of aromatic nitrogens is 3. The molecule has 2 heterocycles. The minimum Gasteiger partial charge on any atom is -0.493 e. The maximum Gasteiger partial charge on any atom is 0.534 e. The van der Waals surface area contributed by atoms with E-state index >= 15 is 0 Å². The highest BCUT2D eigenvalue weighted by atomic mass is 35.5. The van der Waals surface area contributed by atoms with Gasteiger partial charge in [0, 0.05) is 40.1 Å². The van der Waals surface area contributed by atoms with E-state index in [9.17, 15) is 26.9 Å². The summed E-state index contributed by atoms with van der Waals surface area (Å²) in [5.74, 6) is -1.04. The number of H-pyrrole nitrogens is 1. The lowest BCUT2D eigenvalue weighted by molar-refractivity contribution is -0.0500. The summed E-state index contributed by atoms with van der Waals surface area (Å²) in [6.45, 7) is 1.87. The molecule has 2 N–H and O–H groups in total. The maximum absolute atomic E-state index is 12.8. The number of benzene rings is 2. The highest BCUT2D eigenvalue weighted by Crippen LogP contribution is 2.40. The number of ether oxygens (including phenoxy) is 1. The molecule has 15 heteroatoms. The number of anilines is 2. The topological polar surface area (TPSA) is 130 Å². The van der Waals surface area contributed by atoms with Crippen LogP contribution in [0.25, 0.3) is 10.9 Å². The van der Waals surface area contributed by atoms with Crippen molar-refractivity contribution in [3.63, 3.8) is 0 Å². The number of halogens is 4. The quantitative estimate of drug-likeness (QED) is 0.205. The van der Waals surface area contributed by atoms with Crippen molar-refractivity contribution < 1.29 is 30.5 Å². The van der Waals surface area contributed by atoms with Crippen molar-refractivity contribution in [2.75, 3.05) is 12.4 Å². The standard InChI is InChI=1S/C22H15ClF3N5O4S2/c1-11-9-29-21(30-11)36-19-4-3-13(5-15(19)23)31-20-12(8-27)10-28-16-7-18(17(34-2)6-14(16)20)35-37(32,33)22(24,25)26/h3-7,9-10H,1-2H3,(H,28,31)(H,29,30). The van der Waals surface area contributed by atoms with Gasteiger partial charge in [0.15, 0.2) is 16.7 Å². The van der Waals surface area contributed by atoms with Crippen molar-refractivity contribution >= 4 is 55.8 Å². The highest BCUT2D eigenvalue weighted by molar-refractivity contribution is 7.99. The second-order valence-corrected chi connectivity index (χ2v) is 10.4. The Morgan fingerprint density at radius 3 is 2.51 bits per heavy atom. The molecule has 0 bridgehead atoms. The number of imidazole rings is 1. The Labute approximate surface area is 217 Å². The maximum atomic E-state index is 12.8. The number of alkyl halides is 3. The van der Waals surface area contributed by atoms with Crippen LogP contribution in [0, 0.1) is 18.3 Å². The number of pyridine rings is 1. The van der Waals surface area contributed by atoms with Crippen molar-refractivity contribution in [3.05, 3.63) is 59.0 Å². The smallest absolute Gasteiger partial charge is 0.493 e. The summed E-state index contributed by atoms with van der Waals surface area (Å²) in [4.78, 5) is 12.1. The predicted octanol–water partition coefficient (Wildman–Crippen LogP) is 5.92. The molecule has 0 unspecified atom stereocenters. The van der Waals surface area contributed by atoms with E-state index < -0.39 is 21.4 Å². The Morgan fingerprint density at radius 2 is 1.92 bits per heavy atom. The zero-order valence-corrected chi connectivity index (χ0v) is 21.2. The van der Waals surface area contributed by atoms with Crippen LogP contribution in [-0.4, -0.2) is 36.0 Å². The minimum atomic E-state index is -5.95. The van der Waals surface area contributed by atoms with Gasteiger partial charge in [0.25, 0.3) is 0 Å². The zero-order valence-electron chi connectivity index (χ0n) is 18.8. The van der Waals surface area contributed by atoms with E-state index in [-0.39, 0.29) is 27.9 Å². The first-order valence-corrected chi connectivity index (χ1v) is 12.7. The molecule has 0 amide bonds. The number of rotatable bonds is 7. The largest absolute Gasteiger partial charge is 0.534 e. The number of aromatic amines is 1. The number of hydrogen-bond donors (Lipinski definition) is 2. The molecular weight excluding hydrogens is 555 g/mol. The zero-order chi connectivity index (χ0) is 27.0. The number of hydrogen-bond acceptors (Lipinski definition) is 9. The molecule has 0 fully saturated rings. The molecule has 0 saturated carbocycles. The molecule has 0 spiro atoms. The number of nitrogens with zero attached hydrogens (tertiary/aromatic N) is 3. The highest BCUT2D eigenvalue weighted by Gasteiger charge is 2.49. The van der Waals surface area contributed by atoms with Gasteiger partial charge in [-0.05, 0) is 31.2 Å². The molecule has 4 rings (SSSR count). The Hall–Kier alpha value is -3.67. The van der Waals surface area contributed by atoms with Gasteiger partial charge in [0.05, 0.1) is 28.9 Å². The second-order valence-electron chi connectivity index (χ2n) is 7.41. The van der Waals surface area contributed by atoms with Crippen LogP contribution in [0.3, 0.4) is 0 Å². The second kappa shape index (κ2) is 10.0. The Bertz CT molecular complexity index is 1650. The third-order valence-corrected chi connectivity index (χ3v) is 7.21. The Balaban J connectivity index is 1.73. The fraction of sp³-hybridized carbons (Fsp3) is 0.136. The predicted molar refractivity (Wildman–Crippen MR) is 131 cm³/mol. The van der Waals surface area contributed by atoms with E-state index in [1.807, 2.05) is 13.0 Å². The third kappa shape index (κ3) is 5.53. The number of aryl methyl sites for hydroxylation is 1. The normalized spacial score (nSPS) is 11.8. The van der Waals surface area contributed by atoms with Gasteiger partial charge in [-0.25, -0.2) is 4.98 Å². The van der Waals surface area contributed by atoms with Gasteiger partial charge in [-0.1, -0.05) is 23.4 Å². The van der Waals surface area contributed by atoms with Gasteiger partial charge in [0.1, 0.15) is 6.07 Å². The fourth-order valence-electron chi connectivity index (χ4n) is 3.16. The number of nitriles is 1. The monoisotopic (exact) mass is 569 g/mol. The van der Waals surface area contributed by atoms with Crippen LogP contribution in [0.5, 0.6) is 11.5 Å². The molecular formula is C22H15ClF3N5O4S2. The van der Waals surface area contributed by atoms with E-state index in [1.54, 1.807) is 24.4 Å². The van der Waals surface area contributed by atoms with Gasteiger partial charge in [-0.15, -0.1) is 0 Å². The Morgan fingerprint density at radius 1 is 1.16 bits per heavy atom. The van der Waals surface area contributed by atoms with E-state index in [4.69, 9.17) is 16.3 Å². The van der Waals surface area contributed by atoms with E-state index in [1.165, 1.54) is 24.0 Å². The molecule has 0 saturated heterocycles. The van der Waals surface area contributed by atoms with Gasteiger partial charge in [-0.2, -0.15) is 26.9 Å². The van der Waals surface area contributed by atoms with Crippen molar-refractivity contribution in [2.24, 2.45) is 0 Å². The molecule has 9 nitrogen and oxygen atoms in total. The van der Waals surface area contributed by atoms with Crippen molar-refractivity contribution in [1.29, 1.82) is 5.26 Å². The molecule has 2 aromatic carbocycles. The van der Waals surface area contributed by atoms with Gasteiger partial charge < -0.3 is 19.2 Å². The average Bonchev–Trinajstić information content (AvgIpc) is 3.24. The van der Waals surface area contributed by atoms with Crippen LogP contribution in [0.15, 0.2) is 52.8 Å². The number of methoxy groups -OCH3 is 1. The van der Waals surface area contributed by atoms with Crippen LogP contribution in [0.4, 0.5) is 24.5 Å². The molecule has 0 aliphatic heterocycles. The summed E-state index contributed by atoms with van der Waals surface area (Å²) in [5.41, 5.74) is -3.86. The van der Waals surface area contributed by atoms with Gasteiger partial charge >= 0.3 is 15.6 Å². The first-order chi connectivity index (χ1) is 17.4. The fourth-order valence-corrected chi connectivity index (χ4v) is 4.74. The van der Waals surface area contributed by atoms with Crippen LogP contribution in [-0.2, 0) is 10.1 Å². The van der Waals surface area contributed by atoms with Gasteiger partial charge in [-0.3, -0.25) is 4.98 Å². The average molecular weight is 570 g/mol. The van der Waals surface area contributed by atoms with Crippen LogP contribution in [0.1, 0.15) is 11.3 Å². The summed E-state index contributed by atoms with van der Waals surface area (Å²) >= 11 is 7.77. The molecule has 4 aromatic rings. The molecule has 0 aliphatic rings. The number of fused-ring (bicyclic) bond motifs is 1. The van der Waals surface area contributed by atoms with Crippen LogP contribution >= 0.6 is 23.4 Å². The first kappa shape index (κ1) is 26.4. The van der Waals surface area contributed by atoms with Crippen LogP contribution < -0.4 is 14.2 Å². The van der Waals surface area contributed by atoms with Crippen LogP contribution in [0.2, 0.25) is 5.02 Å². The van der Waals surface area contributed by atoms with E-state index in [0.717, 1.165) is 23.8 Å². The molecule has 0 aliphatic carbocycles. The molecule has 0 radical (unpaired) electrons. The van der Waals surface area contributed by atoms with Crippen molar-refractivity contribution in [2.45, 2.75) is 22.5 Å². The summed E-state index contributed by atoms with van der Waals surface area (Å²) < 4.78 is 70.8. The SMILES string of the molecule is COc1cc2c(Nc3ccc(Sc4ncc(C)[nH]4)c(Cl)c3)c(C#N)cnc2cc1OS(=O)(=O)C(F)(F)F. The lowest BCUT2D eigenvalue weighted by Crippen LogP contribution is -2.28. The minimum absolute atomic E-state index is 0.0427. The lowest BCUT2D eigenvalue weighted by atomic mass is 10.1. The van der Waals surface area contributed by atoms with E-state index in [0.29, 0.717) is 15.9 Å². The third-order valence-electron chi connectivity index (χ3n) is 4.84. The summed E-state index contributed by atoms with van der Waals surface area (Å²) in [7, 11) is -4.83. The molecule has 37 heavy (non-hydrogen) atoms. The number of nitrogens with one attached hydrogen (secondary N) is 2. The van der Waals surface area contributed by atoms with Gasteiger partial charge in [0.2, 0.25) is 0 Å². The first-order valence-electron chi connectivity index (χ1n) is 10.1. The lowest BCUT2D eigenvalue weighted by Gasteiger charge is -2.16. The molecule has 0 atom stereocenters. The Kier molecular flexibility index (Phi) is 7.13. The van der Waals surface area contributed by atoms with Crippen molar-refractivity contribution in [1.82, 2.24) is 15.0 Å². The summed E-state index contributed by atoms with van der Waals surface area (Å²) in [6.07, 6.45) is 2.87. The summed E-state index contributed by atoms with van der Waals surface area (Å²) in [5, 5.41) is 14.0. The molecule has 2 aromatic heterocycles.